The van der Waals surface area contributed by atoms with E-state index >= 15 is 0 Å². The van der Waals surface area contributed by atoms with Crippen LogP contribution in [0.1, 0.15) is 53.1 Å². The Morgan fingerprint density at radius 2 is 1.97 bits per heavy atom. The van der Waals surface area contributed by atoms with Crippen LogP contribution in [0.2, 0.25) is 0 Å². The van der Waals surface area contributed by atoms with E-state index in [0.29, 0.717) is 17.7 Å². The van der Waals surface area contributed by atoms with Crippen LogP contribution in [0.25, 0.3) is 11.3 Å². The molecule has 4 rings (SSSR count). The van der Waals surface area contributed by atoms with Crippen molar-refractivity contribution in [1.82, 2.24) is 15.3 Å². The van der Waals surface area contributed by atoms with Gasteiger partial charge in [-0.1, -0.05) is 26.0 Å². The minimum atomic E-state index is -0.125. The van der Waals surface area contributed by atoms with Crippen LogP contribution in [0.3, 0.4) is 0 Å². The van der Waals surface area contributed by atoms with Crippen molar-refractivity contribution in [3.8, 4) is 11.3 Å². The molecule has 0 radical (unpaired) electrons. The standard InChI is InChI=1S/C25H28N4OS/c1-15-6-8-18(13-20(15)16(2)31-5)28-24-26-11-10-22(29-24)17-7-9-19-21(12-17)25(3,4)14-27-23(19)30/h6-13,16H,14H2,1-5H3,(H,27,30)(H,26,28,29)/t16-/m0/s1. The number of hydrogen-bond donors (Lipinski definition) is 2. The Morgan fingerprint density at radius 3 is 2.74 bits per heavy atom. The third-order valence-electron chi connectivity index (χ3n) is 5.96. The first-order chi connectivity index (χ1) is 14.8. The number of aromatic nitrogens is 2. The van der Waals surface area contributed by atoms with E-state index in [1.807, 2.05) is 30.0 Å². The number of carbonyl (C=O) groups is 1. The number of nitrogens with one attached hydrogen (secondary N) is 2. The number of aryl methyl sites for hydroxylation is 1. The molecule has 5 nitrogen and oxygen atoms in total. The van der Waals surface area contributed by atoms with Gasteiger partial charge in [0.1, 0.15) is 0 Å². The fourth-order valence-corrected chi connectivity index (χ4v) is 4.45. The SMILES string of the molecule is CS[C@@H](C)c1cc(Nc2nccc(-c3ccc4c(c3)C(C)(C)CNC4=O)n2)ccc1C. The normalized spacial score (nSPS) is 15.7. The highest BCUT2D eigenvalue weighted by molar-refractivity contribution is 7.98. The molecule has 1 atom stereocenters. The van der Waals surface area contributed by atoms with Crippen LogP contribution in [0.5, 0.6) is 0 Å². The Labute approximate surface area is 188 Å². The maximum atomic E-state index is 12.3. The van der Waals surface area contributed by atoms with Crippen LogP contribution < -0.4 is 10.6 Å². The zero-order chi connectivity index (χ0) is 22.2. The van der Waals surface area contributed by atoms with Gasteiger partial charge in [-0.25, -0.2) is 9.97 Å². The minimum Gasteiger partial charge on any atom is -0.351 e. The molecular weight excluding hydrogens is 404 g/mol. The maximum Gasteiger partial charge on any atom is 0.251 e. The predicted molar refractivity (Wildman–Crippen MR) is 129 cm³/mol. The van der Waals surface area contributed by atoms with Crippen LogP contribution in [0.4, 0.5) is 11.6 Å². The van der Waals surface area contributed by atoms with Gasteiger partial charge in [0, 0.05) is 40.2 Å². The number of amides is 1. The van der Waals surface area contributed by atoms with Crippen molar-refractivity contribution in [2.24, 2.45) is 0 Å². The van der Waals surface area contributed by atoms with Crippen molar-refractivity contribution in [3.63, 3.8) is 0 Å². The van der Waals surface area contributed by atoms with Gasteiger partial charge in [0.2, 0.25) is 5.95 Å². The topological polar surface area (TPSA) is 66.9 Å². The predicted octanol–water partition coefficient (Wildman–Crippen LogP) is 5.64. The molecule has 1 aliphatic heterocycles. The molecular formula is C25H28N4OS. The summed E-state index contributed by atoms with van der Waals surface area (Å²) in [6.07, 6.45) is 3.89. The molecule has 0 aliphatic carbocycles. The molecule has 0 fully saturated rings. The summed E-state index contributed by atoms with van der Waals surface area (Å²) in [6.45, 7) is 9.27. The lowest BCUT2D eigenvalue weighted by Gasteiger charge is -2.32. The highest BCUT2D eigenvalue weighted by Crippen LogP contribution is 2.34. The van der Waals surface area contributed by atoms with E-state index in [4.69, 9.17) is 4.98 Å². The Bertz CT molecular complexity index is 1140. The molecule has 0 saturated heterocycles. The van der Waals surface area contributed by atoms with Crippen molar-refractivity contribution in [2.45, 2.75) is 38.4 Å². The van der Waals surface area contributed by atoms with Crippen LogP contribution >= 0.6 is 11.8 Å². The van der Waals surface area contributed by atoms with Crippen molar-refractivity contribution < 1.29 is 4.79 Å². The van der Waals surface area contributed by atoms with E-state index in [-0.39, 0.29) is 11.3 Å². The van der Waals surface area contributed by atoms with E-state index in [9.17, 15) is 4.79 Å². The second-order valence-corrected chi connectivity index (χ2v) is 9.85. The molecule has 3 aromatic rings. The summed E-state index contributed by atoms with van der Waals surface area (Å²) in [5, 5.41) is 6.74. The van der Waals surface area contributed by atoms with Gasteiger partial charge in [-0.15, -0.1) is 0 Å². The highest BCUT2D eigenvalue weighted by atomic mass is 32.2. The van der Waals surface area contributed by atoms with E-state index in [1.54, 1.807) is 6.20 Å². The Morgan fingerprint density at radius 1 is 1.16 bits per heavy atom. The van der Waals surface area contributed by atoms with Gasteiger partial charge in [0.15, 0.2) is 0 Å². The molecule has 1 amide bonds. The van der Waals surface area contributed by atoms with Gasteiger partial charge in [-0.3, -0.25) is 4.79 Å². The summed E-state index contributed by atoms with van der Waals surface area (Å²) in [5.74, 6) is 0.541. The van der Waals surface area contributed by atoms with Gasteiger partial charge < -0.3 is 10.6 Å². The van der Waals surface area contributed by atoms with Gasteiger partial charge in [-0.2, -0.15) is 11.8 Å². The molecule has 2 heterocycles. The van der Waals surface area contributed by atoms with Crippen LogP contribution in [0.15, 0.2) is 48.7 Å². The Kier molecular flexibility index (Phi) is 5.75. The molecule has 6 heteroatoms. The van der Waals surface area contributed by atoms with Gasteiger partial charge in [-0.05, 0) is 67.1 Å². The zero-order valence-corrected chi connectivity index (χ0v) is 19.4. The lowest BCUT2D eigenvalue weighted by molar-refractivity contribution is 0.0930. The first-order valence-corrected chi connectivity index (χ1v) is 11.7. The van der Waals surface area contributed by atoms with E-state index in [0.717, 1.165) is 28.1 Å². The van der Waals surface area contributed by atoms with Crippen LogP contribution in [0, 0.1) is 6.92 Å². The summed E-state index contributed by atoms with van der Waals surface area (Å²) in [5.41, 5.74) is 7.03. The monoisotopic (exact) mass is 432 g/mol. The lowest BCUT2D eigenvalue weighted by atomic mass is 9.78. The molecule has 1 aromatic heterocycles. The highest BCUT2D eigenvalue weighted by Gasteiger charge is 2.31. The van der Waals surface area contributed by atoms with Crippen LogP contribution in [-0.4, -0.2) is 28.7 Å². The van der Waals surface area contributed by atoms with Gasteiger partial charge in [0.25, 0.3) is 5.91 Å². The number of benzene rings is 2. The van der Waals surface area contributed by atoms with Crippen molar-refractivity contribution >= 4 is 29.3 Å². The van der Waals surface area contributed by atoms with Crippen molar-refractivity contribution in [1.29, 1.82) is 0 Å². The quantitative estimate of drug-likeness (QED) is 0.546. The molecule has 0 spiro atoms. The second kappa shape index (κ2) is 8.35. The second-order valence-electron chi connectivity index (χ2n) is 8.67. The fourth-order valence-electron chi connectivity index (χ4n) is 3.95. The molecule has 2 N–H and O–H groups in total. The number of nitrogens with zero attached hydrogens (tertiary/aromatic N) is 2. The average molecular weight is 433 g/mol. The third kappa shape index (κ3) is 4.30. The average Bonchev–Trinajstić information content (AvgIpc) is 2.77. The molecule has 160 valence electrons. The number of carbonyl (C=O) groups excluding carboxylic acids is 1. The summed E-state index contributed by atoms with van der Waals surface area (Å²) < 4.78 is 0. The number of thioether (sulfide) groups is 1. The smallest absolute Gasteiger partial charge is 0.251 e. The molecule has 1 aliphatic rings. The minimum absolute atomic E-state index is 0.0134. The number of hydrogen-bond acceptors (Lipinski definition) is 5. The fraction of sp³-hybridized carbons (Fsp3) is 0.320. The summed E-state index contributed by atoms with van der Waals surface area (Å²) in [7, 11) is 0. The van der Waals surface area contributed by atoms with E-state index < -0.39 is 0 Å². The van der Waals surface area contributed by atoms with Crippen molar-refractivity contribution in [3.05, 3.63) is 70.9 Å². The third-order valence-corrected chi connectivity index (χ3v) is 6.92. The molecule has 2 aromatic carbocycles. The van der Waals surface area contributed by atoms with E-state index in [1.165, 1.54) is 11.1 Å². The molecule has 0 unspecified atom stereocenters. The first kappa shape index (κ1) is 21.4. The maximum absolute atomic E-state index is 12.3. The lowest BCUT2D eigenvalue weighted by Crippen LogP contribution is -2.43. The van der Waals surface area contributed by atoms with Gasteiger partial charge in [0.05, 0.1) is 5.69 Å². The number of anilines is 2. The Hall–Kier alpha value is -2.86. The summed E-state index contributed by atoms with van der Waals surface area (Å²) >= 11 is 1.83. The molecule has 0 bridgehead atoms. The van der Waals surface area contributed by atoms with Gasteiger partial charge >= 0.3 is 0 Å². The molecule has 0 saturated carbocycles. The summed E-state index contributed by atoms with van der Waals surface area (Å²) in [4.78, 5) is 21.4. The number of fused-ring (bicyclic) bond motifs is 1. The van der Waals surface area contributed by atoms with Crippen molar-refractivity contribution in [2.75, 3.05) is 18.1 Å². The largest absolute Gasteiger partial charge is 0.351 e. The first-order valence-electron chi connectivity index (χ1n) is 10.4. The zero-order valence-electron chi connectivity index (χ0n) is 18.6. The van der Waals surface area contributed by atoms with E-state index in [2.05, 4.69) is 73.8 Å². The van der Waals surface area contributed by atoms with Crippen LogP contribution in [-0.2, 0) is 5.41 Å². The Balaban J connectivity index is 1.65. The molecule has 31 heavy (non-hydrogen) atoms. The number of rotatable bonds is 5. The summed E-state index contributed by atoms with van der Waals surface area (Å²) in [6, 6.07) is 14.2.